The average Bonchev–Trinajstić information content (AvgIpc) is 3.22. The molecule has 0 unspecified atom stereocenters. The van der Waals surface area contributed by atoms with Gasteiger partial charge in [0, 0.05) is 33.7 Å². The number of urea groups is 1. The van der Waals surface area contributed by atoms with E-state index in [1.807, 2.05) is 13.8 Å². The molecule has 0 atom stereocenters. The first-order valence-electron chi connectivity index (χ1n) is 9.11. The summed E-state index contributed by atoms with van der Waals surface area (Å²) in [6.45, 7) is 5.58. The maximum Gasteiger partial charge on any atom is 0.328 e. The van der Waals surface area contributed by atoms with Gasteiger partial charge in [0.1, 0.15) is 17.6 Å². The highest BCUT2D eigenvalue weighted by molar-refractivity contribution is 7.13. The Morgan fingerprint density at radius 3 is 2.48 bits per heavy atom. The number of nitrogens with zero attached hydrogens (tertiary/aromatic N) is 6. The number of carbonyl (C=O) groups excluding carboxylic acids is 3. The predicted molar refractivity (Wildman–Crippen MR) is 101 cm³/mol. The van der Waals surface area contributed by atoms with E-state index in [2.05, 4.69) is 15.1 Å². The third-order valence-corrected chi connectivity index (χ3v) is 5.92. The van der Waals surface area contributed by atoms with Crippen molar-refractivity contribution in [2.45, 2.75) is 32.2 Å². The second-order valence-corrected chi connectivity index (χ2v) is 8.52. The van der Waals surface area contributed by atoms with E-state index in [4.69, 9.17) is 0 Å². The number of anilines is 1. The molecular weight excluding hydrogens is 368 g/mol. The van der Waals surface area contributed by atoms with Gasteiger partial charge in [-0.05, 0) is 18.8 Å². The maximum atomic E-state index is 13.3. The Kier molecular flexibility index (Phi) is 5.36. The van der Waals surface area contributed by atoms with Crippen LogP contribution in [0.5, 0.6) is 0 Å². The van der Waals surface area contributed by atoms with Gasteiger partial charge in [-0.3, -0.25) is 14.5 Å². The minimum atomic E-state index is -0.866. The first-order valence-corrected chi connectivity index (χ1v) is 9.99. The van der Waals surface area contributed by atoms with Crippen LogP contribution in [0, 0.1) is 5.92 Å². The predicted octanol–water partition coefficient (Wildman–Crippen LogP) is 0.885. The zero-order valence-corrected chi connectivity index (χ0v) is 17.0. The Hall–Kier alpha value is -2.23. The number of hydrogen-bond donors (Lipinski definition) is 0. The van der Waals surface area contributed by atoms with Gasteiger partial charge in [0.2, 0.25) is 11.0 Å². The van der Waals surface area contributed by atoms with Crippen LogP contribution in [-0.2, 0) is 9.59 Å². The van der Waals surface area contributed by atoms with Gasteiger partial charge in [-0.25, -0.2) is 4.79 Å². The molecule has 0 radical (unpaired) electrons. The van der Waals surface area contributed by atoms with E-state index < -0.39 is 5.54 Å². The smallest absolute Gasteiger partial charge is 0.328 e. The van der Waals surface area contributed by atoms with Crippen molar-refractivity contribution < 1.29 is 14.4 Å². The molecule has 27 heavy (non-hydrogen) atoms. The number of hydrogen-bond acceptors (Lipinski definition) is 7. The molecule has 148 valence electrons. The third-order valence-electron chi connectivity index (χ3n) is 5.17. The fraction of sp³-hybridized carbons (Fsp3) is 0.706. The van der Waals surface area contributed by atoms with Crippen LogP contribution in [0.1, 0.15) is 26.7 Å². The molecule has 0 bridgehead atoms. The van der Waals surface area contributed by atoms with Crippen LogP contribution >= 0.6 is 11.3 Å². The number of rotatable bonds is 5. The molecule has 0 aromatic carbocycles. The molecule has 2 aliphatic heterocycles. The number of aromatic nitrogens is 2. The van der Waals surface area contributed by atoms with Crippen LogP contribution in [-0.4, -0.2) is 88.6 Å². The van der Waals surface area contributed by atoms with Crippen LogP contribution in [0.4, 0.5) is 9.93 Å². The van der Waals surface area contributed by atoms with Crippen molar-refractivity contribution in [2.75, 3.05) is 45.2 Å². The van der Waals surface area contributed by atoms with Crippen molar-refractivity contribution >= 4 is 34.3 Å². The highest BCUT2D eigenvalue weighted by Gasteiger charge is 2.58. The topological polar surface area (TPSA) is 90.0 Å². The highest BCUT2D eigenvalue weighted by Crippen LogP contribution is 2.39. The second-order valence-electron chi connectivity index (χ2n) is 7.71. The minimum absolute atomic E-state index is 0.207. The van der Waals surface area contributed by atoms with E-state index in [-0.39, 0.29) is 30.3 Å². The first-order chi connectivity index (χ1) is 12.8. The molecule has 9 nitrogen and oxygen atoms in total. The van der Waals surface area contributed by atoms with Gasteiger partial charge in [-0.2, -0.15) is 0 Å². The van der Waals surface area contributed by atoms with Crippen molar-refractivity contribution in [3.05, 3.63) is 5.51 Å². The lowest BCUT2D eigenvalue weighted by Gasteiger charge is -2.42. The van der Waals surface area contributed by atoms with Crippen LogP contribution in [0.25, 0.3) is 0 Å². The lowest BCUT2D eigenvalue weighted by Crippen LogP contribution is -2.57. The lowest BCUT2D eigenvalue weighted by atomic mass is 9.85. The summed E-state index contributed by atoms with van der Waals surface area (Å²) in [5, 5.41) is 8.80. The summed E-state index contributed by atoms with van der Waals surface area (Å²) in [4.78, 5) is 44.8. The number of piperidine rings is 1. The molecule has 0 N–H and O–H groups in total. The fourth-order valence-electron chi connectivity index (χ4n) is 3.67. The van der Waals surface area contributed by atoms with Gasteiger partial charge in [0.25, 0.3) is 5.91 Å². The zero-order valence-electron chi connectivity index (χ0n) is 16.2. The molecule has 0 saturated carbocycles. The van der Waals surface area contributed by atoms with Crippen molar-refractivity contribution in [1.29, 1.82) is 0 Å². The molecule has 2 aliphatic rings. The number of carbonyl (C=O) groups is 3. The summed E-state index contributed by atoms with van der Waals surface area (Å²) >= 11 is 1.46. The summed E-state index contributed by atoms with van der Waals surface area (Å²) in [6.07, 6.45) is 1.05. The molecule has 1 aromatic rings. The van der Waals surface area contributed by atoms with E-state index in [1.165, 1.54) is 16.2 Å². The van der Waals surface area contributed by atoms with Crippen LogP contribution in [0.3, 0.4) is 0 Å². The van der Waals surface area contributed by atoms with Crippen molar-refractivity contribution in [3.8, 4) is 0 Å². The van der Waals surface area contributed by atoms with Gasteiger partial charge in [0.05, 0.1) is 0 Å². The first kappa shape index (κ1) is 19.5. The summed E-state index contributed by atoms with van der Waals surface area (Å²) in [6, 6.07) is -0.353. The van der Waals surface area contributed by atoms with E-state index in [9.17, 15) is 14.4 Å². The average molecular weight is 395 g/mol. The quantitative estimate of drug-likeness (QED) is 0.689. The van der Waals surface area contributed by atoms with Gasteiger partial charge in [-0.15, -0.1) is 10.2 Å². The zero-order chi connectivity index (χ0) is 19.8. The Labute approximate surface area is 162 Å². The minimum Gasteiger partial charge on any atom is -0.347 e. The van der Waals surface area contributed by atoms with E-state index in [0.29, 0.717) is 32.5 Å². The van der Waals surface area contributed by atoms with Gasteiger partial charge in [0.15, 0.2) is 0 Å². The van der Waals surface area contributed by atoms with Crippen LogP contribution in [0.15, 0.2) is 5.51 Å². The highest BCUT2D eigenvalue weighted by atomic mass is 32.1. The molecule has 2 saturated heterocycles. The molecule has 1 spiro atoms. The molecule has 0 aliphatic carbocycles. The van der Waals surface area contributed by atoms with Crippen molar-refractivity contribution in [2.24, 2.45) is 5.92 Å². The second kappa shape index (κ2) is 7.41. The van der Waals surface area contributed by atoms with Crippen molar-refractivity contribution in [1.82, 2.24) is 24.9 Å². The van der Waals surface area contributed by atoms with Crippen LogP contribution in [0.2, 0.25) is 0 Å². The number of imide groups is 1. The lowest BCUT2D eigenvalue weighted by molar-refractivity contribution is -0.139. The molecule has 3 heterocycles. The molecule has 4 amide bonds. The molecule has 1 aromatic heterocycles. The van der Waals surface area contributed by atoms with Crippen molar-refractivity contribution in [3.63, 3.8) is 0 Å². The number of amides is 4. The molecular formula is C17H26N6O3S. The monoisotopic (exact) mass is 394 g/mol. The largest absolute Gasteiger partial charge is 0.347 e. The van der Waals surface area contributed by atoms with Crippen LogP contribution < -0.4 is 4.90 Å². The van der Waals surface area contributed by atoms with Gasteiger partial charge < -0.3 is 14.7 Å². The van der Waals surface area contributed by atoms with Gasteiger partial charge >= 0.3 is 6.03 Å². The summed E-state index contributed by atoms with van der Waals surface area (Å²) in [5.41, 5.74) is 0.818. The SMILES string of the molecule is CC(C)CN1C(=O)N(CC(=O)N(C)C)C(=O)C12CCN(c1nncs1)CC2. The summed E-state index contributed by atoms with van der Waals surface area (Å²) < 4.78 is 0. The maximum absolute atomic E-state index is 13.3. The number of likely N-dealkylation sites (N-methyl/N-ethyl adjacent to an activating group) is 1. The molecule has 3 rings (SSSR count). The van der Waals surface area contributed by atoms with E-state index in [1.54, 1.807) is 24.5 Å². The molecule has 10 heteroatoms. The van der Waals surface area contributed by atoms with E-state index >= 15 is 0 Å². The Morgan fingerprint density at radius 1 is 1.30 bits per heavy atom. The standard InChI is InChI=1S/C17H26N6O3S/c1-12(2)9-23-16(26)22(10-13(24)20(3)4)14(25)17(23)5-7-21(8-6-17)15-19-18-11-27-15/h11-12H,5-10H2,1-4H3. The Bertz CT molecular complexity index is 712. The van der Waals surface area contributed by atoms with Gasteiger partial charge in [-0.1, -0.05) is 25.2 Å². The normalized spacial score (nSPS) is 19.5. The Balaban J connectivity index is 1.84. The molecule has 2 fully saturated rings. The third kappa shape index (κ3) is 3.50. The Morgan fingerprint density at radius 2 is 1.96 bits per heavy atom. The summed E-state index contributed by atoms with van der Waals surface area (Å²) in [7, 11) is 3.24. The van der Waals surface area contributed by atoms with E-state index in [0.717, 1.165) is 10.0 Å². The summed E-state index contributed by atoms with van der Waals surface area (Å²) in [5.74, 6) is -0.283. The fourth-order valence-corrected chi connectivity index (χ4v) is 4.29.